The lowest BCUT2D eigenvalue weighted by atomic mass is 10.1. The summed E-state index contributed by atoms with van der Waals surface area (Å²) < 4.78 is 1.91. The van der Waals surface area contributed by atoms with Crippen LogP contribution in [0.2, 0.25) is 10.0 Å². The van der Waals surface area contributed by atoms with Crippen LogP contribution in [0.25, 0.3) is 0 Å². The van der Waals surface area contributed by atoms with Gasteiger partial charge in [-0.25, -0.2) is 0 Å². The van der Waals surface area contributed by atoms with Gasteiger partial charge < -0.3 is 0 Å². The highest BCUT2D eigenvalue weighted by Gasteiger charge is 2.21. The third-order valence-electron chi connectivity index (χ3n) is 3.41. The minimum absolute atomic E-state index is 0.220. The van der Waals surface area contributed by atoms with E-state index in [1.54, 1.807) is 18.3 Å². The molecule has 2 rings (SSSR count). The summed E-state index contributed by atoms with van der Waals surface area (Å²) in [5.74, 6) is 5.68. The standard InChI is InChI=1S/C14H19Cl2N5/c1-3-10-13(16)12(21(4-2)20-10)8-11(19-17)14-9(15)6-5-7-18-14/h5-7,11,19H,3-4,8,17H2,1-2H3. The Morgan fingerprint density at radius 1 is 1.38 bits per heavy atom. The second kappa shape index (κ2) is 7.22. The Balaban J connectivity index is 2.35. The van der Waals surface area contributed by atoms with Gasteiger partial charge in [-0.3, -0.25) is 20.9 Å². The quantitative estimate of drug-likeness (QED) is 0.632. The van der Waals surface area contributed by atoms with Gasteiger partial charge >= 0.3 is 0 Å². The van der Waals surface area contributed by atoms with E-state index in [1.165, 1.54) is 0 Å². The molecule has 7 heteroatoms. The van der Waals surface area contributed by atoms with Crippen LogP contribution in [-0.2, 0) is 19.4 Å². The number of nitrogens with zero attached hydrogens (tertiary/aromatic N) is 3. The predicted molar refractivity (Wildman–Crippen MR) is 85.3 cm³/mol. The van der Waals surface area contributed by atoms with Crippen molar-refractivity contribution in [1.82, 2.24) is 20.2 Å². The van der Waals surface area contributed by atoms with Crippen LogP contribution >= 0.6 is 23.2 Å². The molecule has 1 unspecified atom stereocenters. The van der Waals surface area contributed by atoms with Gasteiger partial charge in [0.1, 0.15) is 0 Å². The number of rotatable bonds is 6. The van der Waals surface area contributed by atoms with E-state index in [0.717, 1.165) is 24.4 Å². The second-order valence-electron chi connectivity index (χ2n) is 4.67. The summed E-state index contributed by atoms with van der Waals surface area (Å²) in [6.45, 7) is 4.82. The maximum absolute atomic E-state index is 6.43. The lowest BCUT2D eigenvalue weighted by Gasteiger charge is -2.17. The lowest BCUT2D eigenvalue weighted by Crippen LogP contribution is -2.31. The number of aryl methyl sites for hydroxylation is 2. The molecule has 0 saturated heterocycles. The highest BCUT2D eigenvalue weighted by molar-refractivity contribution is 6.32. The summed E-state index contributed by atoms with van der Waals surface area (Å²) in [4.78, 5) is 4.31. The van der Waals surface area contributed by atoms with E-state index in [4.69, 9.17) is 29.0 Å². The van der Waals surface area contributed by atoms with Gasteiger partial charge in [-0.2, -0.15) is 5.10 Å². The van der Waals surface area contributed by atoms with Crippen LogP contribution in [0, 0.1) is 0 Å². The van der Waals surface area contributed by atoms with Crippen molar-refractivity contribution in [2.24, 2.45) is 5.84 Å². The third kappa shape index (κ3) is 3.37. The summed E-state index contributed by atoms with van der Waals surface area (Å²) in [7, 11) is 0. The second-order valence-corrected chi connectivity index (χ2v) is 5.46. The molecule has 5 nitrogen and oxygen atoms in total. The number of aromatic nitrogens is 3. The van der Waals surface area contributed by atoms with Crippen LogP contribution < -0.4 is 11.3 Å². The molecular weight excluding hydrogens is 309 g/mol. The first-order valence-electron chi connectivity index (χ1n) is 6.92. The Morgan fingerprint density at radius 3 is 2.71 bits per heavy atom. The minimum atomic E-state index is -0.220. The molecule has 0 saturated carbocycles. The van der Waals surface area contributed by atoms with Crippen molar-refractivity contribution in [1.29, 1.82) is 0 Å². The highest BCUT2D eigenvalue weighted by atomic mass is 35.5. The Labute approximate surface area is 134 Å². The Kier molecular flexibility index (Phi) is 5.58. The zero-order valence-corrected chi connectivity index (χ0v) is 13.6. The molecular formula is C14H19Cl2N5. The van der Waals surface area contributed by atoms with E-state index < -0.39 is 0 Å². The van der Waals surface area contributed by atoms with Gasteiger partial charge in [0.2, 0.25) is 0 Å². The lowest BCUT2D eigenvalue weighted by molar-refractivity contribution is 0.507. The molecule has 21 heavy (non-hydrogen) atoms. The van der Waals surface area contributed by atoms with Gasteiger partial charge in [0.25, 0.3) is 0 Å². The maximum Gasteiger partial charge on any atom is 0.0850 e. The fraction of sp³-hybridized carbons (Fsp3) is 0.429. The minimum Gasteiger partial charge on any atom is -0.271 e. The smallest absolute Gasteiger partial charge is 0.0850 e. The highest BCUT2D eigenvalue weighted by Crippen LogP contribution is 2.28. The number of nitrogens with two attached hydrogens (primary N) is 1. The first kappa shape index (κ1) is 16.2. The number of pyridine rings is 1. The van der Waals surface area contributed by atoms with Crippen molar-refractivity contribution >= 4 is 23.2 Å². The van der Waals surface area contributed by atoms with Gasteiger partial charge in [0, 0.05) is 19.2 Å². The summed E-state index contributed by atoms with van der Waals surface area (Å²) in [5, 5.41) is 5.79. The summed E-state index contributed by atoms with van der Waals surface area (Å²) >= 11 is 12.6. The van der Waals surface area contributed by atoms with Gasteiger partial charge in [-0.15, -0.1) is 0 Å². The average molecular weight is 328 g/mol. The van der Waals surface area contributed by atoms with Crippen LogP contribution in [0.5, 0.6) is 0 Å². The normalized spacial score (nSPS) is 12.6. The molecule has 3 N–H and O–H groups in total. The average Bonchev–Trinajstić information content (AvgIpc) is 2.81. The SMILES string of the molecule is CCc1nn(CC)c(CC(NN)c2ncccc2Cl)c1Cl. The maximum atomic E-state index is 6.43. The van der Waals surface area contributed by atoms with E-state index in [1.807, 2.05) is 18.5 Å². The molecule has 0 spiro atoms. The van der Waals surface area contributed by atoms with Crippen LogP contribution in [0.4, 0.5) is 0 Å². The van der Waals surface area contributed by atoms with Crippen molar-refractivity contribution in [2.75, 3.05) is 0 Å². The molecule has 0 bridgehead atoms. The van der Waals surface area contributed by atoms with Crippen molar-refractivity contribution in [3.8, 4) is 0 Å². The van der Waals surface area contributed by atoms with E-state index >= 15 is 0 Å². The van der Waals surface area contributed by atoms with E-state index in [-0.39, 0.29) is 6.04 Å². The molecule has 0 fully saturated rings. The molecule has 0 aliphatic rings. The monoisotopic (exact) mass is 327 g/mol. The molecule has 2 aromatic rings. The first-order chi connectivity index (χ1) is 10.1. The van der Waals surface area contributed by atoms with Crippen molar-refractivity contribution in [3.05, 3.63) is 45.5 Å². The van der Waals surface area contributed by atoms with Gasteiger partial charge in [-0.05, 0) is 25.5 Å². The Morgan fingerprint density at radius 2 is 2.14 bits per heavy atom. The number of hydrogen-bond donors (Lipinski definition) is 2. The van der Waals surface area contributed by atoms with Gasteiger partial charge in [0.15, 0.2) is 0 Å². The van der Waals surface area contributed by atoms with E-state index in [0.29, 0.717) is 22.2 Å². The fourth-order valence-electron chi connectivity index (χ4n) is 2.29. The summed E-state index contributed by atoms with van der Waals surface area (Å²) in [5.41, 5.74) is 5.32. The molecule has 2 heterocycles. The van der Waals surface area contributed by atoms with Gasteiger partial charge in [0.05, 0.1) is 33.2 Å². The molecule has 114 valence electrons. The summed E-state index contributed by atoms with van der Waals surface area (Å²) in [6.07, 6.45) is 3.07. The van der Waals surface area contributed by atoms with Crippen molar-refractivity contribution in [2.45, 2.75) is 39.3 Å². The molecule has 0 radical (unpaired) electrons. The first-order valence-corrected chi connectivity index (χ1v) is 7.68. The molecule has 1 atom stereocenters. The van der Waals surface area contributed by atoms with E-state index in [9.17, 15) is 0 Å². The van der Waals surface area contributed by atoms with Crippen LogP contribution in [0.15, 0.2) is 18.3 Å². The number of hydrazine groups is 1. The number of halogens is 2. The summed E-state index contributed by atoms with van der Waals surface area (Å²) in [6, 6.07) is 3.37. The van der Waals surface area contributed by atoms with E-state index in [2.05, 4.69) is 15.5 Å². The van der Waals surface area contributed by atoms with Gasteiger partial charge in [-0.1, -0.05) is 30.1 Å². The number of nitrogens with one attached hydrogen (secondary N) is 1. The molecule has 0 aliphatic carbocycles. The van der Waals surface area contributed by atoms with Crippen LogP contribution in [0.1, 0.15) is 37.0 Å². The zero-order valence-electron chi connectivity index (χ0n) is 12.1. The van der Waals surface area contributed by atoms with Crippen molar-refractivity contribution in [3.63, 3.8) is 0 Å². The molecule has 0 aliphatic heterocycles. The topological polar surface area (TPSA) is 68.8 Å². The fourth-order valence-corrected chi connectivity index (χ4v) is 2.89. The third-order valence-corrected chi connectivity index (χ3v) is 4.17. The molecule has 2 aromatic heterocycles. The largest absolute Gasteiger partial charge is 0.271 e. The van der Waals surface area contributed by atoms with Crippen LogP contribution in [-0.4, -0.2) is 14.8 Å². The molecule has 0 amide bonds. The predicted octanol–water partition coefficient (Wildman–Crippen LogP) is 2.91. The van der Waals surface area contributed by atoms with Crippen LogP contribution in [0.3, 0.4) is 0 Å². The zero-order chi connectivity index (χ0) is 15.4. The van der Waals surface area contributed by atoms with Crippen molar-refractivity contribution < 1.29 is 0 Å². The Hall–Kier alpha value is -1.14. The molecule has 0 aromatic carbocycles. The Bertz CT molecular complexity index is 611. The number of hydrogen-bond acceptors (Lipinski definition) is 4.